The molecule has 0 aliphatic carbocycles. The average molecular weight is 355 g/mol. The summed E-state index contributed by atoms with van der Waals surface area (Å²) in [6.07, 6.45) is 9.30. The van der Waals surface area contributed by atoms with E-state index in [1.165, 1.54) is 43.6 Å². The summed E-state index contributed by atoms with van der Waals surface area (Å²) in [5, 5.41) is 0. The highest BCUT2D eigenvalue weighted by molar-refractivity contribution is 5.39. The van der Waals surface area contributed by atoms with Crippen LogP contribution in [0.3, 0.4) is 0 Å². The molecule has 0 saturated carbocycles. The van der Waals surface area contributed by atoms with E-state index in [0.29, 0.717) is 5.95 Å². The molecule has 26 heavy (non-hydrogen) atoms. The maximum atomic E-state index is 13.0. The lowest BCUT2D eigenvalue weighted by atomic mass is 9.79. The van der Waals surface area contributed by atoms with Crippen LogP contribution < -0.4 is 9.80 Å². The summed E-state index contributed by atoms with van der Waals surface area (Å²) in [5.41, 5.74) is 1.21. The Morgan fingerprint density at radius 2 is 1.38 bits per heavy atom. The maximum absolute atomic E-state index is 13.0. The van der Waals surface area contributed by atoms with Crippen LogP contribution in [0.2, 0.25) is 0 Å². The van der Waals surface area contributed by atoms with Crippen LogP contribution in [0.4, 0.5) is 16.2 Å². The lowest BCUT2D eigenvalue weighted by Gasteiger charge is -2.40. The molecule has 0 amide bonds. The second kappa shape index (κ2) is 7.56. The molecule has 0 unspecified atom stereocenters. The number of halogens is 1. The van der Waals surface area contributed by atoms with Crippen LogP contribution in [0.5, 0.6) is 0 Å². The van der Waals surface area contributed by atoms with Gasteiger partial charge in [-0.15, -0.1) is 0 Å². The molecule has 4 heterocycles. The number of piperidine rings is 2. The molecule has 0 N–H and O–H groups in total. The van der Waals surface area contributed by atoms with Crippen molar-refractivity contribution >= 4 is 11.8 Å². The Kier molecular flexibility index (Phi) is 5.00. The summed E-state index contributed by atoms with van der Waals surface area (Å²) in [6.45, 7) is 6.21. The van der Waals surface area contributed by atoms with Gasteiger partial charge in [-0.05, 0) is 56.1 Å². The zero-order chi connectivity index (χ0) is 17.9. The minimum Gasteiger partial charge on any atom is -0.357 e. The van der Waals surface area contributed by atoms with E-state index in [1.54, 1.807) is 0 Å². The van der Waals surface area contributed by atoms with E-state index < -0.39 is 0 Å². The van der Waals surface area contributed by atoms with Crippen LogP contribution in [-0.2, 0) is 0 Å². The standard InChI is InChI=1S/C20H26FN5/c1-15-2-3-19(22-12-15)25-8-4-16(5-9-25)17-6-10-26(11-7-17)20-23-13-18(21)14-24-20/h2-3,12-14,16-17H,4-11H2,1H3. The van der Waals surface area contributed by atoms with Gasteiger partial charge in [0.05, 0.1) is 12.4 Å². The molecule has 0 bridgehead atoms. The number of hydrogen-bond donors (Lipinski definition) is 0. The van der Waals surface area contributed by atoms with Crippen molar-refractivity contribution in [2.24, 2.45) is 11.8 Å². The first-order valence-corrected chi connectivity index (χ1v) is 9.59. The molecule has 0 spiro atoms. The van der Waals surface area contributed by atoms with Crippen molar-refractivity contribution < 1.29 is 4.39 Å². The van der Waals surface area contributed by atoms with Crippen LogP contribution in [-0.4, -0.2) is 41.1 Å². The monoisotopic (exact) mass is 355 g/mol. The van der Waals surface area contributed by atoms with Gasteiger partial charge in [0.1, 0.15) is 5.82 Å². The van der Waals surface area contributed by atoms with Gasteiger partial charge >= 0.3 is 0 Å². The molecule has 5 nitrogen and oxygen atoms in total. The van der Waals surface area contributed by atoms with E-state index >= 15 is 0 Å². The molecular weight excluding hydrogens is 329 g/mol. The van der Waals surface area contributed by atoms with Crippen molar-refractivity contribution in [2.45, 2.75) is 32.6 Å². The van der Waals surface area contributed by atoms with Gasteiger partial charge in [-0.3, -0.25) is 0 Å². The Labute approximate surface area is 154 Å². The van der Waals surface area contributed by atoms with E-state index in [0.717, 1.165) is 43.8 Å². The molecule has 2 fully saturated rings. The molecular formula is C20H26FN5. The Bertz CT molecular complexity index is 638. The van der Waals surface area contributed by atoms with Crippen LogP contribution in [0, 0.1) is 24.6 Å². The third-order valence-electron chi connectivity index (χ3n) is 5.86. The zero-order valence-electron chi connectivity index (χ0n) is 15.3. The minimum absolute atomic E-state index is 0.376. The zero-order valence-corrected chi connectivity index (χ0v) is 15.3. The number of aryl methyl sites for hydroxylation is 1. The third kappa shape index (κ3) is 3.79. The largest absolute Gasteiger partial charge is 0.357 e. The number of aromatic nitrogens is 3. The quantitative estimate of drug-likeness (QED) is 0.844. The van der Waals surface area contributed by atoms with Gasteiger partial charge in [0.15, 0.2) is 5.82 Å². The maximum Gasteiger partial charge on any atom is 0.225 e. The molecule has 138 valence electrons. The molecule has 2 aromatic heterocycles. The fourth-order valence-corrected chi connectivity index (χ4v) is 4.29. The normalized spacial score (nSPS) is 19.8. The first kappa shape index (κ1) is 17.2. The first-order valence-electron chi connectivity index (χ1n) is 9.59. The van der Waals surface area contributed by atoms with E-state index in [9.17, 15) is 4.39 Å². The van der Waals surface area contributed by atoms with Crippen LogP contribution >= 0.6 is 0 Å². The number of rotatable bonds is 3. The van der Waals surface area contributed by atoms with Gasteiger partial charge in [-0.25, -0.2) is 19.3 Å². The average Bonchev–Trinajstić information content (AvgIpc) is 2.70. The van der Waals surface area contributed by atoms with Crippen LogP contribution in [0.1, 0.15) is 31.2 Å². The topological polar surface area (TPSA) is 45.2 Å². The minimum atomic E-state index is -0.376. The van der Waals surface area contributed by atoms with Gasteiger partial charge in [0, 0.05) is 32.4 Å². The second-order valence-electron chi connectivity index (χ2n) is 7.54. The van der Waals surface area contributed by atoms with Crippen molar-refractivity contribution in [1.29, 1.82) is 0 Å². The van der Waals surface area contributed by atoms with Gasteiger partial charge in [0.25, 0.3) is 0 Å². The SMILES string of the molecule is Cc1ccc(N2CCC(C3CCN(c4ncc(F)cn4)CC3)CC2)nc1. The van der Waals surface area contributed by atoms with Crippen molar-refractivity contribution in [1.82, 2.24) is 15.0 Å². The molecule has 2 saturated heterocycles. The summed E-state index contributed by atoms with van der Waals surface area (Å²) in [7, 11) is 0. The molecule has 0 radical (unpaired) electrons. The van der Waals surface area contributed by atoms with Crippen molar-refractivity contribution in [3.8, 4) is 0 Å². The highest BCUT2D eigenvalue weighted by atomic mass is 19.1. The predicted octanol–water partition coefficient (Wildman–Crippen LogP) is 3.45. The summed E-state index contributed by atoms with van der Waals surface area (Å²) in [6, 6.07) is 4.28. The van der Waals surface area contributed by atoms with Crippen LogP contribution in [0.15, 0.2) is 30.7 Å². The lowest BCUT2D eigenvalue weighted by Crippen LogP contribution is -2.41. The summed E-state index contributed by atoms with van der Waals surface area (Å²) in [4.78, 5) is 17.4. The molecule has 0 aromatic carbocycles. The summed E-state index contributed by atoms with van der Waals surface area (Å²) < 4.78 is 13.0. The van der Waals surface area contributed by atoms with Crippen LogP contribution in [0.25, 0.3) is 0 Å². The highest BCUT2D eigenvalue weighted by Crippen LogP contribution is 2.34. The second-order valence-corrected chi connectivity index (χ2v) is 7.54. The van der Waals surface area contributed by atoms with Gasteiger partial charge in [-0.1, -0.05) is 6.07 Å². The summed E-state index contributed by atoms with van der Waals surface area (Å²) in [5.74, 6) is 2.97. The molecule has 0 atom stereocenters. The van der Waals surface area contributed by atoms with Crippen molar-refractivity contribution in [3.63, 3.8) is 0 Å². The third-order valence-corrected chi connectivity index (χ3v) is 5.86. The molecule has 2 aliphatic rings. The number of pyridine rings is 1. The molecule has 2 aliphatic heterocycles. The Hall–Kier alpha value is -2.24. The van der Waals surface area contributed by atoms with E-state index in [-0.39, 0.29) is 5.82 Å². The number of anilines is 2. The van der Waals surface area contributed by atoms with Crippen molar-refractivity contribution in [3.05, 3.63) is 42.1 Å². The Morgan fingerprint density at radius 3 is 1.92 bits per heavy atom. The Morgan fingerprint density at radius 1 is 0.808 bits per heavy atom. The predicted molar refractivity (Wildman–Crippen MR) is 101 cm³/mol. The van der Waals surface area contributed by atoms with E-state index in [2.05, 4.69) is 43.8 Å². The van der Waals surface area contributed by atoms with Gasteiger partial charge < -0.3 is 9.80 Å². The van der Waals surface area contributed by atoms with Gasteiger partial charge in [-0.2, -0.15) is 0 Å². The highest BCUT2D eigenvalue weighted by Gasteiger charge is 2.30. The molecule has 6 heteroatoms. The van der Waals surface area contributed by atoms with E-state index in [4.69, 9.17) is 0 Å². The molecule has 2 aromatic rings. The Balaban J connectivity index is 1.28. The number of nitrogens with zero attached hydrogens (tertiary/aromatic N) is 5. The fourth-order valence-electron chi connectivity index (χ4n) is 4.29. The van der Waals surface area contributed by atoms with Crippen molar-refractivity contribution in [2.75, 3.05) is 36.0 Å². The smallest absolute Gasteiger partial charge is 0.225 e. The molecule has 4 rings (SSSR count). The number of hydrogen-bond acceptors (Lipinski definition) is 5. The van der Waals surface area contributed by atoms with Gasteiger partial charge in [0.2, 0.25) is 5.95 Å². The summed E-state index contributed by atoms with van der Waals surface area (Å²) >= 11 is 0. The lowest BCUT2D eigenvalue weighted by molar-refractivity contribution is 0.232. The first-order chi connectivity index (χ1) is 12.7. The fraction of sp³-hybridized carbons (Fsp3) is 0.550. The van der Waals surface area contributed by atoms with E-state index in [1.807, 2.05) is 6.20 Å².